The fraction of sp³-hybridized carbons (Fsp3) is 0.238. The molecule has 0 amide bonds. The minimum absolute atomic E-state index is 0.0528. The number of hydrogen-bond donors (Lipinski definition) is 3. The molecule has 0 saturated heterocycles. The van der Waals surface area contributed by atoms with E-state index in [9.17, 15) is 5.11 Å². The van der Waals surface area contributed by atoms with E-state index >= 15 is 0 Å². The van der Waals surface area contributed by atoms with E-state index in [1.54, 1.807) is 0 Å². The number of benzene rings is 1. The molecule has 6 heteroatoms. The molecule has 1 aliphatic rings. The van der Waals surface area contributed by atoms with Crippen LogP contribution in [0.1, 0.15) is 36.3 Å². The number of nitrogens with zero attached hydrogens (tertiary/aromatic N) is 3. The first-order valence-corrected chi connectivity index (χ1v) is 9.16. The Morgan fingerprint density at radius 1 is 1.15 bits per heavy atom. The van der Waals surface area contributed by atoms with Gasteiger partial charge in [-0.1, -0.05) is 31.2 Å². The summed E-state index contributed by atoms with van der Waals surface area (Å²) >= 11 is 0. The van der Waals surface area contributed by atoms with Crippen LogP contribution in [-0.4, -0.2) is 15.1 Å². The highest BCUT2D eigenvalue weighted by atomic mass is 16.3. The van der Waals surface area contributed by atoms with Crippen LogP contribution < -0.4 is 16.2 Å². The molecule has 0 radical (unpaired) electrons. The first kappa shape index (κ1) is 17.6. The van der Waals surface area contributed by atoms with Crippen LogP contribution in [0.5, 0.6) is 0 Å². The number of hydrazine groups is 1. The molecule has 138 valence electrons. The fourth-order valence-electron chi connectivity index (χ4n) is 3.24. The first-order chi connectivity index (χ1) is 13.2. The van der Waals surface area contributed by atoms with Crippen molar-refractivity contribution in [2.24, 2.45) is 5.73 Å². The maximum Gasteiger partial charge on any atom is 0.147 e. The van der Waals surface area contributed by atoms with Crippen molar-refractivity contribution in [1.82, 2.24) is 15.4 Å². The van der Waals surface area contributed by atoms with Crippen LogP contribution in [0.15, 0.2) is 54.6 Å². The second-order valence-electron chi connectivity index (χ2n) is 6.62. The monoisotopic (exact) mass is 361 g/mol. The maximum absolute atomic E-state index is 9.36. The molecule has 1 aromatic carbocycles. The van der Waals surface area contributed by atoms with Crippen LogP contribution in [0, 0.1) is 0 Å². The number of fused-ring (bicyclic) bond motifs is 1. The largest absolute Gasteiger partial charge is 0.390 e. The maximum atomic E-state index is 9.36. The number of aliphatic hydroxyl groups is 1. The van der Waals surface area contributed by atoms with Gasteiger partial charge in [-0.05, 0) is 42.3 Å². The molecule has 3 aromatic rings. The van der Waals surface area contributed by atoms with E-state index < -0.39 is 0 Å². The average Bonchev–Trinajstić information content (AvgIpc) is 3.16. The Hall–Kier alpha value is -2.80. The topological polar surface area (TPSA) is 87.3 Å². The third-order valence-electron chi connectivity index (χ3n) is 4.82. The summed E-state index contributed by atoms with van der Waals surface area (Å²) in [5, 5.41) is 11.3. The Bertz CT molecular complexity index is 959. The van der Waals surface area contributed by atoms with Gasteiger partial charge in [0, 0.05) is 18.2 Å². The van der Waals surface area contributed by atoms with Gasteiger partial charge < -0.3 is 10.8 Å². The van der Waals surface area contributed by atoms with Crippen molar-refractivity contribution in [3.05, 3.63) is 71.5 Å². The Morgan fingerprint density at radius 3 is 2.81 bits per heavy atom. The smallest absolute Gasteiger partial charge is 0.147 e. The second kappa shape index (κ2) is 7.44. The summed E-state index contributed by atoms with van der Waals surface area (Å²) in [6.07, 6.45) is 0.852. The number of hydrogen-bond acceptors (Lipinski definition) is 6. The van der Waals surface area contributed by atoms with Crippen molar-refractivity contribution in [1.29, 1.82) is 0 Å². The quantitative estimate of drug-likeness (QED) is 0.647. The third kappa shape index (κ3) is 3.42. The van der Waals surface area contributed by atoms with Crippen molar-refractivity contribution >= 4 is 11.5 Å². The second-order valence-corrected chi connectivity index (χ2v) is 6.62. The minimum atomic E-state index is -0.0804. The van der Waals surface area contributed by atoms with Crippen LogP contribution in [0.3, 0.4) is 0 Å². The highest BCUT2D eigenvalue weighted by Gasteiger charge is 2.22. The minimum Gasteiger partial charge on any atom is -0.390 e. The standard InChI is InChI=1S/C21H23N5O/c1-2-17(22)19-7-4-6-18(25-19)14-9-10-15-12-23-26(20(15)11-14)21-8-3-5-16(13-27)24-21/h3-11,17,23,27H,2,12-13,22H2,1H3. The number of rotatable bonds is 5. The van der Waals surface area contributed by atoms with Crippen molar-refractivity contribution in [2.45, 2.75) is 32.5 Å². The van der Waals surface area contributed by atoms with Gasteiger partial charge in [0.25, 0.3) is 0 Å². The zero-order valence-corrected chi connectivity index (χ0v) is 15.3. The Balaban J connectivity index is 1.71. The summed E-state index contributed by atoms with van der Waals surface area (Å²) in [7, 11) is 0. The SMILES string of the molecule is CCC(N)c1cccc(-c2ccc3c(c2)N(c2cccc(CO)n2)NC3)n1. The highest BCUT2D eigenvalue weighted by Crippen LogP contribution is 2.34. The summed E-state index contributed by atoms with van der Waals surface area (Å²) < 4.78 is 0. The molecule has 0 spiro atoms. The summed E-state index contributed by atoms with van der Waals surface area (Å²) in [5.74, 6) is 0.757. The molecule has 27 heavy (non-hydrogen) atoms. The van der Waals surface area contributed by atoms with Crippen LogP contribution in [0.2, 0.25) is 0 Å². The van der Waals surface area contributed by atoms with Crippen molar-refractivity contribution in [3.8, 4) is 11.3 Å². The zero-order chi connectivity index (χ0) is 18.8. The molecular formula is C21H23N5O. The lowest BCUT2D eigenvalue weighted by Crippen LogP contribution is -2.27. The molecule has 2 aromatic heterocycles. The molecule has 4 rings (SSSR count). The van der Waals surface area contributed by atoms with Gasteiger partial charge in [0.1, 0.15) is 5.82 Å². The number of nitrogens with two attached hydrogens (primary N) is 1. The molecule has 0 bridgehead atoms. The molecule has 1 unspecified atom stereocenters. The van der Waals surface area contributed by atoms with Gasteiger partial charge in [-0.25, -0.2) is 10.4 Å². The first-order valence-electron chi connectivity index (χ1n) is 9.16. The van der Waals surface area contributed by atoms with Crippen molar-refractivity contribution < 1.29 is 5.11 Å². The lowest BCUT2D eigenvalue weighted by atomic mass is 10.1. The van der Waals surface area contributed by atoms with Gasteiger partial charge in [0.2, 0.25) is 0 Å². The van der Waals surface area contributed by atoms with E-state index in [-0.39, 0.29) is 12.6 Å². The summed E-state index contributed by atoms with van der Waals surface area (Å²) in [6, 6.07) is 17.9. The van der Waals surface area contributed by atoms with Gasteiger partial charge in [0.15, 0.2) is 0 Å². The molecule has 6 nitrogen and oxygen atoms in total. The van der Waals surface area contributed by atoms with Gasteiger partial charge in [-0.2, -0.15) is 0 Å². The number of nitrogens with one attached hydrogen (secondary N) is 1. The number of aromatic nitrogens is 2. The molecule has 0 saturated carbocycles. The molecular weight excluding hydrogens is 338 g/mol. The summed E-state index contributed by atoms with van der Waals surface area (Å²) in [4.78, 5) is 9.26. The predicted octanol–water partition coefficient (Wildman–Crippen LogP) is 3.20. The summed E-state index contributed by atoms with van der Waals surface area (Å²) in [6.45, 7) is 2.71. The van der Waals surface area contributed by atoms with Crippen LogP contribution in [0.25, 0.3) is 11.3 Å². The molecule has 0 aliphatic carbocycles. The van der Waals surface area contributed by atoms with Gasteiger partial charge in [0.05, 0.1) is 29.4 Å². The van der Waals surface area contributed by atoms with E-state index in [0.29, 0.717) is 5.69 Å². The number of pyridine rings is 2. The molecule has 0 fully saturated rings. The number of aliphatic hydroxyl groups excluding tert-OH is 1. The Morgan fingerprint density at radius 2 is 2.00 bits per heavy atom. The Kier molecular flexibility index (Phi) is 4.85. The predicted molar refractivity (Wildman–Crippen MR) is 106 cm³/mol. The summed E-state index contributed by atoms with van der Waals surface area (Å²) in [5.41, 5.74) is 15.2. The van der Waals surface area contributed by atoms with E-state index in [4.69, 9.17) is 10.7 Å². The highest BCUT2D eigenvalue weighted by molar-refractivity contribution is 5.73. The van der Waals surface area contributed by atoms with Crippen LogP contribution in [0.4, 0.5) is 11.5 Å². The van der Waals surface area contributed by atoms with Gasteiger partial charge in [-0.3, -0.25) is 9.99 Å². The van der Waals surface area contributed by atoms with Gasteiger partial charge >= 0.3 is 0 Å². The van der Waals surface area contributed by atoms with Crippen molar-refractivity contribution in [3.63, 3.8) is 0 Å². The van der Waals surface area contributed by atoms with E-state index in [1.807, 2.05) is 41.4 Å². The lowest BCUT2D eigenvalue weighted by Gasteiger charge is -2.19. The van der Waals surface area contributed by atoms with Crippen LogP contribution >= 0.6 is 0 Å². The van der Waals surface area contributed by atoms with E-state index in [2.05, 4.69) is 35.5 Å². The Labute approximate surface area is 158 Å². The molecule has 3 heterocycles. The fourth-order valence-corrected chi connectivity index (χ4v) is 3.24. The third-order valence-corrected chi connectivity index (χ3v) is 4.82. The lowest BCUT2D eigenvalue weighted by molar-refractivity contribution is 0.277. The molecule has 1 aliphatic heterocycles. The molecule has 1 atom stereocenters. The zero-order valence-electron chi connectivity index (χ0n) is 15.3. The van der Waals surface area contributed by atoms with Crippen molar-refractivity contribution in [2.75, 3.05) is 5.01 Å². The number of anilines is 2. The molecule has 4 N–H and O–H groups in total. The van der Waals surface area contributed by atoms with E-state index in [0.717, 1.165) is 41.4 Å². The van der Waals surface area contributed by atoms with E-state index in [1.165, 1.54) is 5.56 Å². The van der Waals surface area contributed by atoms with Gasteiger partial charge in [-0.15, -0.1) is 0 Å². The normalized spacial score (nSPS) is 14.3. The van der Waals surface area contributed by atoms with Crippen LogP contribution in [-0.2, 0) is 13.2 Å². The average molecular weight is 361 g/mol.